The van der Waals surface area contributed by atoms with E-state index in [1.165, 1.54) is 77.0 Å². The van der Waals surface area contributed by atoms with Gasteiger partial charge in [-0.1, -0.05) is 97.8 Å². The summed E-state index contributed by atoms with van der Waals surface area (Å²) in [5.74, 6) is 0.595. The Morgan fingerprint density at radius 3 is 1.51 bits per heavy atom. The normalized spacial score (nSPS) is 15.8. The highest BCUT2D eigenvalue weighted by atomic mass is 16.5. The van der Waals surface area contributed by atoms with Gasteiger partial charge in [0.15, 0.2) is 0 Å². The van der Waals surface area contributed by atoms with Crippen LogP contribution in [-0.4, -0.2) is 80.0 Å². The number of carbonyl (C=O) groups excluding carboxylic acids is 3. The van der Waals surface area contributed by atoms with Crippen LogP contribution in [-0.2, 0) is 23.9 Å². The number of hydrogen-bond donors (Lipinski definition) is 0. The number of nitrogens with zero attached hydrogens (tertiary/aromatic N) is 2. The molecular formula is C34H64N2O5. The molecule has 2 heterocycles. The Morgan fingerprint density at radius 1 is 0.585 bits per heavy atom. The maximum Gasteiger partial charge on any atom is 0.224 e. The third-order valence-electron chi connectivity index (χ3n) is 8.51. The lowest BCUT2D eigenvalue weighted by Crippen LogP contribution is -2.62. The summed E-state index contributed by atoms with van der Waals surface area (Å²) in [4.78, 5) is 40.0. The van der Waals surface area contributed by atoms with Gasteiger partial charge in [-0.15, -0.1) is 0 Å². The lowest BCUT2D eigenvalue weighted by molar-refractivity contribution is -0.151. The van der Waals surface area contributed by atoms with E-state index in [9.17, 15) is 14.4 Å². The van der Waals surface area contributed by atoms with Crippen LogP contribution in [0.5, 0.6) is 0 Å². The molecule has 0 aliphatic carbocycles. The summed E-state index contributed by atoms with van der Waals surface area (Å²) in [7, 11) is 0. The third-order valence-corrected chi connectivity index (χ3v) is 8.51. The number of ether oxygens (including phenoxy) is 2. The van der Waals surface area contributed by atoms with Crippen molar-refractivity contribution < 1.29 is 23.9 Å². The molecule has 0 N–H and O–H groups in total. The Kier molecular flexibility index (Phi) is 22.0. The molecule has 240 valence electrons. The van der Waals surface area contributed by atoms with Crippen LogP contribution in [0.2, 0.25) is 0 Å². The second-order valence-electron chi connectivity index (χ2n) is 12.0. The maximum atomic E-state index is 12.7. The first-order valence-corrected chi connectivity index (χ1v) is 17.2. The van der Waals surface area contributed by atoms with E-state index >= 15 is 0 Å². The minimum Gasteiger partial charge on any atom is -0.379 e. The molecule has 0 radical (unpaired) electrons. The van der Waals surface area contributed by atoms with Crippen molar-refractivity contribution in [3.63, 3.8) is 0 Å². The van der Waals surface area contributed by atoms with Crippen LogP contribution in [0.1, 0.15) is 143 Å². The van der Waals surface area contributed by atoms with Crippen LogP contribution >= 0.6 is 0 Å². The lowest BCUT2D eigenvalue weighted by atomic mass is 9.72. The SMILES string of the molecule is CC.CCCCCCCCCCCCCCCC(=O)N1CCC2(CC1)CN(C(=O)CCOCCOCCC(C)=O)C2. The molecule has 0 aromatic heterocycles. The van der Waals surface area contributed by atoms with E-state index in [0.29, 0.717) is 51.6 Å². The molecule has 7 heteroatoms. The van der Waals surface area contributed by atoms with Crippen molar-refractivity contribution in [2.45, 2.75) is 143 Å². The fraction of sp³-hybridized carbons (Fsp3) is 0.912. The van der Waals surface area contributed by atoms with E-state index in [1.54, 1.807) is 6.92 Å². The number of likely N-dealkylation sites (tertiary alicyclic amines) is 2. The van der Waals surface area contributed by atoms with Crippen molar-refractivity contribution in [3.05, 3.63) is 0 Å². The average Bonchev–Trinajstić information content (AvgIpc) is 2.96. The molecule has 0 unspecified atom stereocenters. The molecular weight excluding hydrogens is 516 g/mol. The van der Waals surface area contributed by atoms with Gasteiger partial charge >= 0.3 is 0 Å². The van der Waals surface area contributed by atoms with Crippen molar-refractivity contribution >= 4 is 17.6 Å². The molecule has 2 aliphatic heterocycles. The van der Waals surface area contributed by atoms with Gasteiger partial charge in [-0.25, -0.2) is 0 Å². The van der Waals surface area contributed by atoms with Gasteiger partial charge in [0.2, 0.25) is 11.8 Å². The highest BCUT2D eigenvalue weighted by Crippen LogP contribution is 2.40. The molecule has 41 heavy (non-hydrogen) atoms. The van der Waals surface area contributed by atoms with Gasteiger partial charge in [0.05, 0.1) is 32.8 Å². The predicted molar refractivity (Wildman–Crippen MR) is 168 cm³/mol. The highest BCUT2D eigenvalue weighted by Gasteiger charge is 2.46. The number of Topliss-reactive ketones (excluding diaryl/α,β-unsaturated/α-hetero) is 1. The largest absolute Gasteiger partial charge is 0.379 e. The van der Waals surface area contributed by atoms with Crippen LogP contribution in [0.3, 0.4) is 0 Å². The Balaban J connectivity index is 0.00000411. The Morgan fingerprint density at radius 2 is 1.02 bits per heavy atom. The van der Waals surface area contributed by atoms with Gasteiger partial charge in [-0.2, -0.15) is 0 Å². The minimum atomic E-state index is 0.121. The maximum absolute atomic E-state index is 12.7. The zero-order chi connectivity index (χ0) is 30.2. The van der Waals surface area contributed by atoms with E-state index < -0.39 is 0 Å². The van der Waals surface area contributed by atoms with Crippen molar-refractivity contribution in [3.8, 4) is 0 Å². The smallest absolute Gasteiger partial charge is 0.224 e. The first kappa shape index (κ1) is 37.6. The first-order valence-electron chi connectivity index (χ1n) is 17.2. The summed E-state index contributed by atoms with van der Waals surface area (Å²) >= 11 is 0. The van der Waals surface area contributed by atoms with E-state index in [1.807, 2.05) is 18.7 Å². The zero-order valence-corrected chi connectivity index (χ0v) is 27.3. The molecule has 2 amide bonds. The molecule has 0 aromatic carbocycles. The molecule has 0 atom stereocenters. The van der Waals surface area contributed by atoms with Gasteiger partial charge in [0.25, 0.3) is 0 Å². The summed E-state index contributed by atoms with van der Waals surface area (Å²) < 4.78 is 10.8. The molecule has 7 nitrogen and oxygen atoms in total. The summed E-state index contributed by atoms with van der Waals surface area (Å²) in [6.07, 6.45) is 20.8. The Hall–Kier alpha value is -1.47. The molecule has 0 saturated carbocycles. The van der Waals surface area contributed by atoms with Gasteiger partial charge in [0, 0.05) is 44.4 Å². The van der Waals surface area contributed by atoms with Gasteiger partial charge in [0.1, 0.15) is 5.78 Å². The number of piperidine rings is 1. The summed E-state index contributed by atoms with van der Waals surface area (Å²) in [5.41, 5.74) is 0.216. The van der Waals surface area contributed by atoms with Crippen molar-refractivity contribution in [1.29, 1.82) is 0 Å². The van der Waals surface area contributed by atoms with Gasteiger partial charge in [-0.05, 0) is 26.2 Å². The predicted octanol–water partition coefficient (Wildman–Crippen LogP) is 7.35. The first-order chi connectivity index (χ1) is 20.0. The number of amides is 2. The quantitative estimate of drug-likeness (QED) is 0.118. The van der Waals surface area contributed by atoms with Crippen LogP contribution in [0.25, 0.3) is 0 Å². The summed E-state index contributed by atoms with van der Waals surface area (Å²) in [6, 6.07) is 0. The monoisotopic (exact) mass is 580 g/mol. The third kappa shape index (κ3) is 17.3. The molecule has 2 aliphatic rings. The number of rotatable bonds is 23. The zero-order valence-electron chi connectivity index (χ0n) is 27.3. The Labute approximate surface area is 252 Å². The number of hydrogen-bond acceptors (Lipinski definition) is 5. The second-order valence-corrected chi connectivity index (χ2v) is 12.0. The minimum absolute atomic E-state index is 0.121. The summed E-state index contributed by atoms with van der Waals surface area (Å²) in [5, 5.41) is 0. The van der Waals surface area contributed by atoms with Gasteiger partial charge < -0.3 is 19.3 Å². The molecule has 2 fully saturated rings. The lowest BCUT2D eigenvalue weighted by Gasteiger charge is -2.54. The van der Waals surface area contributed by atoms with Crippen molar-refractivity contribution in [2.75, 3.05) is 52.6 Å². The van der Waals surface area contributed by atoms with Crippen molar-refractivity contribution in [2.24, 2.45) is 5.41 Å². The van der Waals surface area contributed by atoms with Crippen LogP contribution in [0.15, 0.2) is 0 Å². The average molecular weight is 581 g/mol. The topological polar surface area (TPSA) is 76.2 Å². The number of unbranched alkanes of at least 4 members (excludes halogenated alkanes) is 12. The van der Waals surface area contributed by atoms with E-state index in [2.05, 4.69) is 11.8 Å². The molecule has 0 bridgehead atoms. The number of carbonyl (C=O) groups is 3. The van der Waals surface area contributed by atoms with Gasteiger partial charge in [-0.3, -0.25) is 14.4 Å². The molecule has 0 aromatic rings. The highest BCUT2D eigenvalue weighted by molar-refractivity contribution is 5.78. The fourth-order valence-corrected chi connectivity index (χ4v) is 5.79. The number of ketones is 1. The molecule has 2 rings (SSSR count). The van der Waals surface area contributed by atoms with E-state index in [0.717, 1.165) is 45.4 Å². The Bertz CT molecular complexity index is 683. The van der Waals surface area contributed by atoms with E-state index in [4.69, 9.17) is 9.47 Å². The fourth-order valence-electron chi connectivity index (χ4n) is 5.79. The van der Waals surface area contributed by atoms with Crippen LogP contribution in [0, 0.1) is 5.41 Å². The standard InChI is InChI=1S/C32H58N2O5.C2H6/c1-3-4-5-6-7-8-9-10-11-12-13-14-15-16-30(36)33-21-19-32(20-22-33)27-34(28-32)31(37)18-24-39-26-25-38-23-17-29(2)35;1-2/h3-28H2,1-2H3;1-2H3. The summed E-state index contributed by atoms with van der Waals surface area (Å²) in [6.45, 7) is 12.9. The molecule has 1 spiro atoms. The second kappa shape index (κ2) is 24.0. The van der Waals surface area contributed by atoms with Crippen LogP contribution in [0.4, 0.5) is 0 Å². The van der Waals surface area contributed by atoms with Crippen LogP contribution < -0.4 is 0 Å². The van der Waals surface area contributed by atoms with E-state index in [-0.39, 0.29) is 17.1 Å². The molecule has 2 saturated heterocycles. The van der Waals surface area contributed by atoms with Crippen molar-refractivity contribution in [1.82, 2.24) is 9.80 Å².